The normalized spacial score (nSPS) is 14.7. The van der Waals surface area contributed by atoms with E-state index >= 15 is 0 Å². The average molecular weight is 1110 g/mol. The zero-order chi connectivity index (χ0) is 55.1. The quantitative estimate of drug-likeness (QED) is 0.118. The monoisotopic (exact) mass is 1110 g/mol. The molecule has 4 aromatic heterocycles. The molecule has 3 aliphatic rings. The molecule has 3 nitrogen and oxygen atoms in total. The van der Waals surface area contributed by atoms with Crippen LogP contribution in [0.4, 0.5) is 0 Å². The highest BCUT2D eigenvalue weighted by Crippen LogP contribution is 2.65. The van der Waals surface area contributed by atoms with Gasteiger partial charge in [-0.05, 0) is 174 Å². The maximum atomic E-state index is 14.0. The van der Waals surface area contributed by atoms with Gasteiger partial charge in [0.25, 0.3) is 0 Å². The third-order valence-electron chi connectivity index (χ3n) is 17.2. The summed E-state index contributed by atoms with van der Waals surface area (Å²) in [5.74, 6) is -0.179. The van der Waals surface area contributed by atoms with Crippen molar-refractivity contribution < 1.29 is 4.79 Å². The number of nitrogens with zero attached hydrogens (tertiary/aromatic N) is 2. The zero-order valence-corrected chi connectivity index (χ0v) is 48.3. The van der Waals surface area contributed by atoms with Gasteiger partial charge in [-0.3, -0.25) is 4.79 Å². The Labute approximate surface area is 487 Å². The standard InChI is InChI=1S/C74H48N2OS4/c1-41-10-19-47(20-11-41)73(48-21-12-42(2)13-22-48)59-28-32-63-56(37-67(80-63)65-30-18-45(5)78-65)70(59)54-35-62-55(36-61(54)73)71-57-38-68(66-31-27-51(79-66)34-58-69(46(39-75)40-76)52-8-6-7-9-53(52)72(58)77)81-64(57)33-29-60(71)74(62,49-23-14-43(3)15-24-49)50-25-16-44(4)17-26-50/h6-38H,1-5H3/b58-34-. The molecule has 0 aliphatic heterocycles. The van der Waals surface area contributed by atoms with Gasteiger partial charge >= 0.3 is 0 Å². The molecule has 0 N–H and O–H groups in total. The number of thiophene rings is 4. The zero-order valence-electron chi connectivity index (χ0n) is 45.0. The van der Waals surface area contributed by atoms with Crippen LogP contribution in [0.5, 0.6) is 0 Å². The molecule has 0 spiro atoms. The second-order valence-electron chi connectivity index (χ2n) is 21.9. The van der Waals surface area contributed by atoms with Gasteiger partial charge in [0.2, 0.25) is 0 Å². The Bertz CT molecular complexity index is 4720. The Kier molecular flexibility index (Phi) is 11.2. The van der Waals surface area contributed by atoms with Crippen LogP contribution in [-0.2, 0) is 10.8 Å². The summed E-state index contributed by atoms with van der Waals surface area (Å²) in [5, 5.41) is 22.6. The number of hydrogen-bond donors (Lipinski definition) is 0. The third kappa shape index (κ3) is 7.16. The first kappa shape index (κ1) is 49.3. The summed E-state index contributed by atoms with van der Waals surface area (Å²) in [6, 6.07) is 76.9. The molecule has 0 saturated heterocycles. The smallest absolute Gasteiger partial charge is 0.194 e. The molecule has 7 heteroatoms. The largest absolute Gasteiger partial charge is 0.289 e. The number of aryl methyl sites for hydroxylation is 5. The van der Waals surface area contributed by atoms with Crippen LogP contribution < -0.4 is 0 Å². The number of nitriles is 2. The second-order valence-corrected chi connectivity index (χ2v) is 26.5. The number of benzene rings is 8. The van der Waals surface area contributed by atoms with Crippen molar-refractivity contribution in [1.29, 1.82) is 10.5 Å². The lowest BCUT2D eigenvalue weighted by Crippen LogP contribution is -2.30. The molecule has 0 atom stereocenters. The van der Waals surface area contributed by atoms with Crippen molar-refractivity contribution in [2.45, 2.75) is 45.4 Å². The van der Waals surface area contributed by atoms with Crippen molar-refractivity contribution in [3.8, 4) is 53.9 Å². The predicted molar refractivity (Wildman–Crippen MR) is 339 cm³/mol. The highest BCUT2D eigenvalue weighted by Gasteiger charge is 2.52. The molecule has 4 heterocycles. The summed E-state index contributed by atoms with van der Waals surface area (Å²) >= 11 is 7.16. The lowest BCUT2D eigenvalue weighted by atomic mass is 9.65. The topological polar surface area (TPSA) is 64.7 Å². The van der Waals surface area contributed by atoms with Crippen LogP contribution in [-0.4, -0.2) is 5.78 Å². The minimum Gasteiger partial charge on any atom is -0.289 e. The molecule has 3 aliphatic carbocycles. The fourth-order valence-electron chi connectivity index (χ4n) is 13.5. The molecule has 15 rings (SSSR count). The van der Waals surface area contributed by atoms with Gasteiger partial charge in [0.1, 0.15) is 17.7 Å². The number of carbonyl (C=O) groups is 1. The number of ketones is 1. The van der Waals surface area contributed by atoms with E-state index in [9.17, 15) is 15.3 Å². The van der Waals surface area contributed by atoms with Crippen LogP contribution in [0.15, 0.2) is 205 Å². The molecule has 0 saturated carbocycles. The van der Waals surface area contributed by atoms with Crippen LogP contribution in [0.2, 0.25) is 0 Å². The summed E-state index contributed by atoms with van der Waals surface area (Å²) < 4.78 is 2.47. The number of fused-ring (bicyclic) bond motifs is 11. The highest BCUT2D eigenvalue weighted by molar-refractivity contribution is 7.27. The molecule has 0 amide bonds. The van der Waals surface area contributed by atoms with E-state index in [2.05, 4.69) is 217 Å². The Balaban J connectivity index is 1.02. The number of Topliss-reactive ketones (excluding diaryl/α,β-unsaturated/α-hetero) is 1. The molecular weight excluding hydrogens is 1060 g/mol. The van der Waals surface area contributed by atoms with Gasteiger partial charge in [-0.15, -0.1) is 45.3 Å². The summed E-state index contributed by atoms with van der Waals surface area (Å²) in [6.07, 6.45) is 1.86. The van der Waals surface area contributed by atoms with Gasteiger partial charge in [-0.1, -0.05) is 156 Å². The number of carbonyl (C=O) groups excluding carboxylic acids is 1. The van der Waals surface area contributed by atoms with E-state index in [1.165, 1.54) is 124 Å². The van der Waals surface area contributed by atoms with E-state index < -0.39 is 10.8 Å². The molecule has 0 fully saturated rings. The number of rotatable bonds is 7. The highest BCUT2D eigenvalue weighted by atomic mass is 32.1. The lowest BCUT2D eigenvalue weighted by Gasteiger charge is -2.35. The van der Waals surface area contributed by atoms with E-state index in [1.807, 2.05) is 46.9 Å². The van der Waals surface area contributed by atoms with Crippen molar-refractivity contribution in [1.82, 2.24) is 0 Å². The maximum Gasteiger partial charge on any atom is 0.194 e. The van der Waals surface area contributed by atoms with Crippen molar-refractivity contribution in [3.05, 3.63) is 293 Å². The van der Waals surface area contributed by atoms with Gasteiger partial charge in [0.15, 0.2) is 5.78 Å². The van der Waals surface area contributed by atoms with Crippen molar-refractivity contribution >= 4 is 83.0 Å². The van der Waals surface area contributed by atoms with Gasteiger partial charge in [-0.25, -0.2) is 0 Å². The molecule has 8 aromatic carbocycles. The molecule has 81 heavy (non-hydrogen) atoms. The van der Waals surface area contributed by atoms with E-state index in [0.717, 1.165) is 14.6 Å². The molecule has 0 bridgehead atoms. The van der Waals surface area contributed by atoms with Crippen molar-refractivity contribution in [2.75, 3.05) is 0 Å². The van der Waals surface area contributed by atoms with Crippen LogP contribution in [0.1, 0.15) is 92.4 Å². The average Bonchev–Trinajstić information content (AvgIpc) is 2.65. The minimum absolute atomic E-state index is 0.0649. The van der Waals surface area contributed by atoms with Crippen LogP contribution >= 0.6 is 45.3 Å². The van der Waals surface area contributed by atoms with Gasteiger partial charge in [0, 0.05) is 66.1 Å². The van der Waals surface area contributed by atoms with E-state index in [4.69, 9.17) is 0 Å². The molecule has 384 valence electrons. The first-order valence-electron chi connectivity index (χ1n) is 27.2. The fourth-order valence-corrected chi connectivity index (χ4v) is 17.6. The SMILES string of the molecule is Cc1ccc(C2(c3ccc(C)cc3)c3cc4c(cc3-c3c2ccc2sc(-c5ccc(C)s5)cc32)C(c2ccc(C)cc2)(c2ccc(C)cc2)c2ccc3sc(-c5ccc(/C=C6\C(=O)c7ccccc7C6=C(C#N)C#N)s5)cc3c2-4)cc1. The lowest BCUT2D eigenvalue weighted by molar-refractivity contribution is 0.104. The predicted octanol–water partition coefficient (Wildman–Crippen LogP) is 19.9. The van der Waals surface area contributed by atoms with Crippen LogP contribution in [0.25, 0.3) is 73.6 Å². The second kappa shape index (κ2) is 18.4. The molecular formula is C74H48N2OS4. The van der Waals surface area contributed by atoms with Crippen molar-refractivity contribution in [3.63, 3.8) is 0 Å². The molecule has 0 unspecified atom stereocenters. The van der Waals surface area contributed by atoms with Gasteiger partial charge in [0.05, 0.1) is 10.8 Å². The van der Waals surface area contributed by atoms with Gasteiger partial charge < -0.3 is 0 Å². The molecule has 12 aromatic rings. The van der Waals surface area contributed by atoms with Gasteiger partial charge in [-0.2, -0.15) is 10.5 Å². The van der Waals surface area contributed by atoms with Crippen molar-refractivity contribution in [2.24, 2.45) is 0 Å². The Morgan fingerprint density at radius 3 is 1.28 bits per heavy atom. The minimum atomic E-state index is -0.691. The maximum absolute atomic E-state index is 14.0. The Morgan fingerprint density at radius 2 is 0.852 bits per heavy atom. The van der Waals surface area contributed by atoms with E-state index in [0.29, 0.717) is 22.3 Å². The number of allylic oxidation sites excluding steroid dienone is 3. The van der Waals surface area contributed by atoms with Crippen LogP contribution in [0, 0.1) is 57.3 Å². The fraction of sp³-hybridized carbons (Fsp3) is 0.0946. The summed E-state index contributed by atoms with van der Waals surface area (Å²) in [4.78, 5) is 21.0. The van der Waals surface area contributed by atoms with E-state index in [-0.39, 0.29) is 11.4 Å². The van der Waals surface area contributed by atoms with E-state index in [1.54, 1.807) is 28.7 Å². The summed E-state index contributed by atoms with van der Waals surface area (Å²) in [7, 11) is 0. The molecule has 0 radical (unpaired) electrons. The third-order valence-corrected chi connectivity index (χ3v) is 21.8. The number of hydrogen-bond acceptors (Lipinski definition) is 7. The van der Waals surface area contributed by atoms with Crippen LogP contribution in [0.3, 0.4) is 0 Å². The summed E-state index contributed by atoms with van der Waals surface area (Å²) in [5.41, 5.74) is 20.4. The Hall–Kier alpha value is -8.79. The first-order valence-corrected chi connectivity index (χ1v) is 30.4. The Morgan fingerprint density at radius 1 is 0.420 bits per heavy atom. The summed E-state index contributed by atoms with van der Waals surface area (Å²) in [6.45, 7) is 10.9. The first-order chi connectivity index (χ1) is 39.5.